The van der Waals surface area contributed by atoms with Crippen LogP contribution in [-0.2, 0) is 22.0 Å². The van der Waals surface area contributed by atoms with Crippen molar-refractivity contribution in [2.24, 2.45) is 10.1 Å². The van der Waals surface area contributed by atoms with Crippen LogP contribution in [0.5, 0.6) is 5.75 Å². The number of hydrogen-bond donors (Lipinski definition) is 1. The highest BCUT2D eigenvalue weighted by atomic mass is 16.5. The van der Waals surface area contributed by atoms with Gasteiger partial charge in [-0.2, -0.15) is 5.10 Å². The maximum Gasteiger partial charge on any atom is 0.261 e. The van der Waals surface area contributed by atoms with Gasteiger partial charge < -0.3 is 15.0 Å². The van der Waals surface area contributed by atoms with Gasteiger partial charge in [0.2, 0.25) is 5.82 Å². The molecule has 230 valence electrons. The molecule has 43 heavy (non-hydrogen) atoms. The largest absolute Gasteiger partial charge is 0.480 e. The minimum Gasteiger partial charge on any atom is -0.480 e. The fourth-order valence-electron chi connectivity index (χ4n) is 4.77. The molecule has 0 bridgehead atoms. The Hall–Kier alpha value is -4.01. The highest BCUT2D eigenvalue weighted by Gasteiger charge is 2.29. The molecule has 1 unspecified atom stereocenters. The second-order valence-corrected chi connectivity index (χ2v) is 12.6. The third-order valence-corrected chi connectivity index (χ3v) is 8.61. The Kier molecular flexibility index (Phi) is 9.72. The molecular formula is C34H47N7O2. The van der Waals surface area contributed by atoms with Crippen molar-refractivity contribution < 1.29 is 9.53 Å². The smallest absolute Gasteiger partial charge is 0.261 e. The molecule has 0 fully saturated rings. The van der Waals surface area contributed by atoms with Gasteiger partial charge >= 0.3 is 0 Å². The topological polar surface area (TPSA) is 97.0 Å². The predicted octanol–water partition coefficient (Wildman–Crippen LogP) is 6.20. The molecule has 9 heteroatoms. The number of nitrogens with zero attached hydrogens (tertiary/aromatic N) is 6. The first kappa shape index (κ1) is 31.9. The van der Waals surface area contributed by atoms with E-state index in [2.05, 4.69) is 79.2 Å². The number of hydrogen-bond acceptors (Lipinski definition) is 7. The molecule has 4 rings (SSSR count). The average molecular weight is 586 g/mol. The maximum atomic E-state index is 13.2. The van der Waals surface area contributed by atoms with Gasteiger partial charge in [-0.1, -0.05) is 60.6 Å². The summed E-state index contributed by atoms with van der Waals surface area (Å²) in [6.07, 6.45) is 4.09. The first-order valence-corrected chi connectivity index (χ1v) is 15.3. The molecule has 2 heterocycles. The van der Waals surface area contributed by atoms with Gasteiger partial charge in [0.25, 0.3) is 5.91 Å². The number of fused-ring (bicyclic) bond motifs is 1. The molecule has 1 aromatic heterocycles. The predicted molar refractivity (Wildman–Crippen MR) is 175 cm³/mol. The third kappa shape index (κ3) is 7.32. The Balaban J connectivity index is 1.40. The van der Waals surface area contributed by atoms with Crippen LogP contribution in [-0.4, -0.2) is 59.5 Å². The van der Waals surface area contributed by atoms with Crippen molar-refractivity contribution in [2.75, 3.05) is 25.5 Å². The number of nitrogens with one attached hydrogen (secondary N) is 1. The quantitative estimate of drug-likeness (QED) is 0.258. The zero-order valence-electron chi connectivity index (χ0n) is 27.2. The van der Waals surface area contributed by atoms with E-state index in [-0.39, 0.29) is 16.7 Å². The first-order valence-electron chi connectivity index (χ1n) is 15.3. The van der Waals surface area contributed by atoms with E-state index in [0.717, 1.165) is 35.5 Å². The summed E-state index contributed by atoms with van der Waals surface area (Å²) in [6.45, 7) is 15.8. The summed E-state index contributed by atoms with van der Waals surface area (Å²) in [4.78, 5) is 26.1. The standard InChI is InChI=1S/C34H47N7O2/c1-10-28(43-29-18-13-23(33(4,5)11-2)21-26(29)34(6,7)12-3)32(42)35-20-19-30-38-31-27(22-36-41(31)39-30)37-24-14-16-25(17-15-24)40(8)9/h13-18,21-22,28H,10-12,19-20H2,1-9H3,(H,35,42). The molecule has 3 aromatic rings. The number of amides is 1. The zero-order chi connectivity index (χ0) is 31.4. The van der Waals surface area contributed by atoms with Gasteiger partial charge in [0.15, 0.2) is 11.9 Å². The lowest BCUT2D eigenvalue weighted by Crippen LogP contribution is -2.39. The number of rotatable bonds is 13. The fraction of sp³-hybridized carbons (Fsp3) is 0.500. The van der Waals surface area contributed by atoms with Crippen LogP contribution in [0.2, 0.25) is 0 Å². The Labute approximate surface area is 256 Å². The summed E-state index contributed by atoms with van der Waals surface area (Å²) in [7, 11) is 4.01. The molecule has 0 saturated carbocycles. The van der Waals surface area contributed by atoms with Crippen molar-refractivity contribution in [2.45, 2.75) is 91.1 Å². The van der Waals surface area contributed by atoms with Crippen LogP contribution >= 0.6 is 0 Å². The number of aromatic nitrogens is 3. The van der Waals surface area contributed by atoms with Crippen LogP contribution in [0.3, 0.4) is 0 Å². The molecule has 0 radical (unpaired) electrons. The van der Waals surface area contributed by atoms with Crippen LogP contribution < -0.4 is 15.0 Å². The molecule has 1 aliphatic rings. The second-order valence-electron chi connectivity index (χ2n) is 12.6. The molecule has 1 atom stereocenters. The Morgan fingerprint density at radius 3 is 2.35 bits per heavy atom. The summed E-state index contributed by atoms with van der Waals surface area (Å²) >= 11 is 0. The minimum absolute atomic E-state index is 0.0650. The van der Waals surface area contributed by atoms with Crippen molar-refractivity contribution in [3.05, 3.63) is 65.2 Å². The Morgan fingerprint density at radius 2 is 1.72 bits per heavy atom. The van der Waals surface area contributed by atoms with Gasteiger partial charge in [0.1, 0.15) is 11.5 Å². The van der Waals surface area contributed by atoms with E-state index in [9.17, 15) is 4.79 Å². The molecular weight excluding hydrogens is 538 g/mol. The van der Waals surface area contributed by atoms with Crippen LogP contribution in [0.4, 0.5) is 11.4 Å². The fourth-order valence-corrected chi connectivity index (χ4v) is 4.77. The lowest BCUT2D eigenvalue weighted by Gasteiger charge is -2.31. The van der Waals surface area contributed by atoms with Gasteiger partial charge in [0.05, 0.1) is 11.9 Å². The van der Waals surface area contributed by atoms with Crippen LogP contribution in [0, 0.1) is 0 Å². The lowest BCUT2D eigenvalue weighted by molar-refractivity contribution is -0.128. The summed E-state index contributed by atoms with van der Waals surface area (Å²) in [6, 6.07) is 14.4. The number of benzene rings is 2. The first-order chi connectivity index (χ1) is 20.4. The minimum atomic E-state index is -0.598. The third-order valence-electron chi connectivity index (χ3n) is 8.61. The monoisotopic (exact) mass is 585 g/mol. The number of anilines is 1. The lowest BCUT2D eigenvalue weighted by atomic mass is 9.76. The SMILES string of the molecule is CCC(Oc1ccc(C(C)(C)CC)cc1C(C)(C)CC)C(=O)NCCc1nc2n(n1)N=CC2=Nc1ccc(N(C)C)cc1. The van der Waals surface area contributed by atoms with E-state index < -0.39 is 6.10 Å². The van der Waals surface area contributed by atoms with Gasteiger partial charge in [-0.25, -0.2) is 9.98 Å². The summed E-state index contributed by atoms with van der Waals surface area (Å²) in [5.74, 6) is 1.82. The molecule has 0 spiro atoms. The van der Waals surface area contributed by atoms with E-state index >= 15 is 0 Å². The maximum absolute atomic E-state index is 13.2. The average Bonchev–Trinajstić information content (AvgIpc) is 3.57. The summed E-state index contributed by atoms with van der Waals surface area (Å²) in [5, 5.41) is 11.8. The van der Waals surface area contributed by atoms with Crippen LogP contribution in [0.1, 0.15) is 90.5 Å². The van der Waals surface area contributed by atoms with Crippen molar-refractivity contribution in [3.8, 4) is 5.75 Å². The number of ether oxygens (including phenoxy) is 1. The van der Waals surface area contributed by atoms with Crippen LogP contribution in [0.25, 0.3) is 0 Å². The van der Waals surface area contributed by atoms with Gasteiger partial charge in [-0.3, -0.25) is 4.79 Å². The molecule has 9 nitrogen and oxygen atoms in total. The molecule has 1 N–H and O–H groups in total. The van der Waals surface area contributed by atoms with Crippen LogP contribution in [0.15, 0.2) is 52.6 Å². The molecule has 0 saturated heterocycles. The molecule has 1 amide bonds. The molecule has 2 aromatic carbocycles. The van der Waals surface area contributed by atoms with E-state index in [1.54, 1.807) is 6.21 Å². The number of carbonyl (C=O) groups excluding carboxylic acids is 1. The second kappa shape index (κ2) is 13.1. The summed E-state index contributed by atoms with van der Waals surface area (Å²) in [5.41, 5.74) is 4.98. The highest BCUT2D eigenvalue weighted by Crippen LogP contribution is 2.39. The summed E-state index contributed by atoms with van der Waals surface area (Å²) < 4.78 is 6.40. The Morgan fingerprint density at radius 1 is 1.02 bits per heavy atom. The highest BCUT2D eigenvalue weighted by molar-refractivity contribution is 6.38. The number of aliphatic imine (C=N–C) groups is 1. The van der Waals surface area contributed by atoms with Crippen molar-refractivity contribution in [3.63, 3.8) is 0 Å². The number of carbonyl (C=O) groups is 1. The normalized spacial score (nSPS) is 14.6. The van der Waals surface area contributed by atoms with Gasteiger partial charge in [0, 0.05) is 38.3 Å². The zero-order valence-corrected chi connectivity index (χ0v) is 27.2. The van der Waals surface area contributed by atoms with Crippen molar-refractivity contribution in [1.82, 2.24) is 20.2 Å². The van der Waals surface area contributed by atoms with Gasteiger partial charge in [-0.15, -0.1) is 9.89 Å². The Bertz CT molecular complexity index is 1480. The molecule has 1 aliphatic heterocycles. The molecule has 0 aliphatic carbocycles. The van der Waals surface area contributed by atoms with E-state index in [4.69, 9.17) is 4.74 Å². The van der Waals surface area contributed by atoms with E-state index in [0.29, 0.717) is 36.7 Å². The van der Waals surface area contributed by atoms with Gasteiger partial charge in [-0.05, 0) is 66.0 Å². The van der Waals surface area contributed by atoms with Crippen molar-refractivity contribution in [1.29, 1.82) is 0 Å². The van der Waals surface area contributed by atoms with E-state index in [1.807, 2.05) is 56.3 Å². The van der Waals surface area contributed by atoms with Crippen molar-refractivity contribution >= 4 is 29.2 Å². The van der Waals surface area contributed by atoms with E-state index in [1.165, 1.54) is 10.4 Å².